The number of halogens is 1. The molecule has 0 aliphatic rings. The van der Waals surface area contributed by atoms with Gasteiger partial charge in [0, 0.05) is 10.6 Å². The minimum Gasteiger partial charge on any atom is -0.486 e. The molecule has 1 heterocycles. The third-order valence-corrected chi connectivity index (χ3v) is 5.44. The average Bonchev–Trinajstić information content (AvgIpc) is 3.08. The number of Topliss-reactive ketones (excluding diaryl/α,β-unsaturated/α-hetero) is 1. The second kappa shape index (κ2) is 9.73. The lowest BCUT2D eigenvalue weighted by molar-refractivity contribution is 0.0966. The third-order valence-electron chi connectivity index (χ3n) is 4.75. The molecule has 0 saturated carbocycles. The Kier molecular flexibility index (Phi) is 6.60. The largest absolute Gasteiger partial charge is 0.486 e. The number of carbonyl (C=O) groups is 1. The zero-order valence-corrected chi connectivity index (χ0v) is 18.2. The molecule has 4 aromatic rings. The first kappa shape index (κ1) is 21.0. The lowest BCUT2D eigenvalue weighted by Gasteiger charge is -2.08. The molecule has 0 spiro atoms. The van der Waals surface area contributed by atoms with Gasteiger partial charge in [0.15, 0.2) is 16.4 Å². The first-order valence-electron chi connectivity index (χ1n) is 9.77. The van der Waals surface area contributed by atoms with Crippen LogP contribution >= 0.6 is 23.8 Å². The van der Waals surface area contributed by atoms with Crippen molar-refractivity contribution in [2.45, 2.75) is 19.7 Å². The van der Waals surface area contributed by atoms with Crippen LogP contribution in [-0.4, -0.2) is 20.1 Å². The van der Waals surface area contributed by atoms with Gasteiger partial charge in [0.1, 0.15) is 18.9 Å². The highest BCUT2D eigenvalue weighted by atomic mass is 35.5. The van der Waals surface area contributed by atoms with E-state index in [1.165, 1.54) is 0 Å². The molecule has 0 amide bonds. The molecule has 0 aliphatic carbocycles. The highest BCUT2D eigenvalue weighted by Gasteiger charge is 2.15. The Morgan fingerprint density at radius 3 is 2.26 bits per heavy atom. The average molecular weight is 450 g/mol. The van der Waals surface area contributed by atoms with Crippen molar-refractivity contribution in [3.8, 4) is 5.75 Å². The number of nitrogens with zero attached hydrogens (tertiary/aromatic N) is 3. The van der Waals surface area contributed by atoms with Gasteiger partial charge >= 0.3 is 0 Å². The Bertz CT molecular complexity index is 1220. The third kappa shape index (κ3) is 5.29. The minimum atomic E-state index is -0.0901. The number of aromatic nitrogens is 3. The molecule has 0 unspecified atom stereocenters. The minimum absolute atomic E-state index is 0.0423. The van der Waals surface area contributed by atoms with Gasteiger partial charge in [-0.2, -0.15) is 5.10 Å². The van der Waals surface area contributed by atoms with Crippen LogP contribution in [0.4, 0.5) is 0 Å². The fourth-order valence-electron chi connectivity index (χ4n) is 3.15. The summed E-state index contributed by atoms with van der Waals surface area (Å²) in [5, 5.41) is 5.19. The number of carbonyl (C=O) groups excluding carboxylic acids is 1. The fraction of sp³-hybridized carbons (Fsp3) is 0.125. The molecule has 0 N–H and O–H groups in total. The van der Waals surface area contributed by atoms with Crippen molar-refractivity contribution in [3.63, 3.8) is 0 Å². The van der Waals surface area contributed by atoms with Gasteiger partial charge in [-0.25, -0.2) is 4.68 Å². The van der Waals surface area contributed by atoms with Crippen LogP contribution in [0.3, 0.4) is 0 Å². The summed E-state index contributed by atoms with van der Waals surface area (Å²) in [5.41, 5.74) is 1.65. The zero-order chi connectivity index (χ0) is 21.6. The quantitative estimate of drug-likeness (QED) is 0.260. The molecule has 0 saturated heterocycles. The van der Waals surface area contributed by atoms with E-state index < -0.39 is 0 Å². The van der Waals surface area contributed by atoms with Crippen molar-refractivity contribution in [2.75, 3.05) is 0 Å². The number of ketones is 1. The van der Waals surface area contributed by atoms with Gasteiger partial charge in [-0.3, -0.25) is 9.36 Å². The Balaban J connectivity index is 1.61. The van der Waals surface area contributed by atoms with Crippen LogP contribution in [-0.2, 0) is 19.7 Å². The lowest BCUT2D eigenvalue weighted by atomic mass is 10.1. The Morgan fingerprint density at radius 1 is 0.935 bits per heavy atom. The molecule has 1 aromatic heterocycles. The SMILES string of the molecule is O=C(Cn1nc(COc2ccccc2)n(Cc2ccccc2)c1=S)c1ccc(Cl)cc1. The van der Waals surface area contributed by atoms with E-state index in [4.69, 9.17) is 28.6 Å². The molecule has 31 heavy (non-hydrogen) atoms. The monoisotopic (exact) mass is 449 g/mol. The normalized spacial score (nSPS) is 10.7. The van der Waals surface area contributed by atoms with E-state index >= 15 is 0 Å². The van der Waals surface area contributed by atoms with Crippen LogP contribution in [0.15, 0.2) is 84.9 Å². The molecule has 0 fully saturated rings. The molecule has 0 bridgehead atoms. The molecule has 4 rings (SSSR count). The topological polar surface area (TPSA) is 49.1 Å². The van der Waals surface area contributed by atoms with Gasteiger partial charge < -0.3 is 4.74 Å². The van der Waals surface area contributed by atoms with Gasteiger partial charge in [0.2, 0.25) is 0 Å². The first-order chi connectivity index (χ1) is 15.1. The summed E-state index contributed by atoms with van der Waals surface area (Å²) in [6, 6.07) is 26.3. The molecule has 0 aliphatic heterocycles. The van der Waals surface area contributed by atoms with Gasteiger partial charge in [0.25, 0.3) is 0 Å². The van der Waals surface area contributed by atoms with Crippen LogP contribution in [0, 0.1) is 4.77 Å². The Morgan fingerprint density at radius 2 is 1.58 bits per heavy atom. The summed E-state index contributed by atoms with van der Waals surface area (Å²) in [4.78, 5) is 12.7. The Hall–Kier alpha value is -3.22. The standard InChI is InChI=1S/C24H20ClN3O2S/c25-20-13-11-19(12-14-20)22(29)16-28-24(31)27(15-18-7-3-1-4-8-18)23(26-28)17-30-21-9-5-2-6-10-21/h1-14H,15-17H2. The number of hydrogen-bond donors (Lipinski definition) is 0. The van der Waals surface area contributed by atoms with Crippen molar-refractivity contribution in [2.24, 2.45) is 0 Å². The number of ether oxygens (including phenoxy) is 1. The van der Waals surface area contributed by atoms with E-state index in [1.807, 2.05) is 65.2 Å². The molecular formula is C24H20ClN3O2S. The molecule has 0 radical (unpaired) electrons. The van der Waals surface area contributed by atoms with Crippen molar-refractivity contribution < 1.29 is 9.53 Å². The maximum atomic E-state index is 12.7. The predicted molar refractivity (Wildman–Crippen MR) is 123 cm³/mol. The summed E-state index contributed by atoms with van der Waals surface area (Å²) in [7, 11) is 0. The highest BCUT2D eigenvalue weighted by molar-refractivity contribution is 7.71. The van der Waals surface area contributed by atoms with Gasteiger partial charge in [0.05, 0.1) is 6.54 Å². The number of hydrogen-bond acceptors (Lipinski definition) is 4. The van der Waals surface area contributed by atoms with Gasteiger partial charge in [-0.15, -0.1) is 0 Å². The molecular weight excluding hydrogens is 430 g/mol. The van der Waals surface area contributed by atoms with E-state index in [-0.39, 0.29) is 18.9 Å². The van der Waals surface area contributed by atoms with Crippen molar-refractivity contribution in [1.29, 1.82) is 0 Å². The van der Waals surface area contributed by atoms with E-state index in [0.717, 1.165) is 11.3 Å². The molecule has 3 aromatic carbocycles. The molecule has 7 heteroatoms. The Labute approximate surface area is 190 Å². The van der Waals surface area contributed by atoms with Crippen LogP contribution in [0.2, 0.25) is 5.02 Å². The number of rotatable bonds is 8. The van der Waals surface area contributed by atoms with Gasteiger partial charge in [-0.1, -0.05) is 60.1 Å². The maximum Gasteiger partial charge on any atom is 0.198 e. The number of benzene rings is 3. The van der Waals surface area contributed by atoms with Crippen LogP contribution in [0.5, 0.6) is 5.75 Å². The predicted octanol–water partition coefficient (Wildman–Crippen LogP) is 5.58. The summed E-state index contributed by atoms with van der Waals surface area (Å²) < 4.78 is 9.83. The highest BCUT2D eigenvalue weighted by Crippen LogP contribution is 2.15. The summed E-state index contributed by atoms with van der Waals surface area (Å²) in [5.74, 6) is 1.31. The van der Waals surface area contributed by atoms with Crippen molar-refractivity contribution in [1.82, 2.24) is 14.3 Å². The van der Waals surface area contributed by atoms with E-state index in [1.54, 1.807) is 28.9 Å². The van der Waals surface area contributed by atoms with E-state index in [2.05, 4.69) is 5.10 Å². The van der Waals surface area contributed by atoms with Crippen LogP contribution in [0.25, 0.3) is 0 Å². The maximum absolute atomic E-state index is 12.7. The first-order valence-corrected chi connectivity index (χ1v) is 10.6. The van der Waals surface area contributed by atoms with Crippen molar-refractivity contribution >= 4 is 29.6 Å². The van der Waals surface area contributed by atoms with E-state index in [9.17, 15) is 4.79 Å². The molecule has 5 nitrogen and oxygen atoms in total. The van der Waals surface area contributed by atoms with Crippen LogP contribution < -0.4 is 4.74 Å². The summed E-state index contributed by atoms with van der Waals surface area (Å²) in [6.07, 6.45) is 0. The zero-order valence-electron chi connectivity index (χ0n) is 16.6. The second-order valence-corrected chi connectivity index (χ2v) is 7.76. The summed E-state index contributed by atoms with van der Waals surface area (Å²) >= 11 is 11.6. The molecule has 156 valence electrons. The lowest BCUT2D eigenvalue weighted by Crippen LogP contribution is -2.12. The second-order valence-electron chi connectivity index (χ2n) is 6.96. The van der Waals surface area contributed by atoms with E-state index in [0.29, 0.717) is 27.7 Å². The smallest absolute Gasteiger partial charge is 0.198 e. The fourth-order valence-corrected chi connectivity index (χ4v) is 3.55. The molecule has 0 atom stereocenters. The summed E-state index contributed by atoms with van der Waals surface area (Å²) in [6.45, 7) is 0.825. The van der Waals surface area contributed by atoms with Gasteiger partial charge in [-0.05, 0) is 54.2 Å². The number of para-hydroxylation sites is 1. The van der Waals surface area contributed by atoms with Crippen molar-refractivity contribution in [3.05, 3.63) is 112 Å². The van der Waals surface area contributed by atoms with Crippen LogP contribution in [0.1, 0.15) is 21.7 Å².